The molecule has 1 heterocycles. The molecule has 1 amide bonds. The van der Waals surface area contributed by atoms with Crippen LogP contribution < -0.4 is 14.8 Å². The highest BCUT2D eigenvalue weighted by molar-refractivity contribution is 9.10. The van der Waals surface area contributed by atoms with E-state index in [1.54, 1.807) is 0 Å². The van der Waals surface area contributed by atoms with E-state index in [4.69, 9.17) is 9.47 Å². The van der Waals surface area contributed by atoms with Crippen LogP contribution in [0.25, 0.3) is 16.8 Å². The first kappa shape index (κ1) is 25.6. The summed E-state index contributed by atoms with van der Waals surface area (Å²) in [5.74, 6) is 1.04. The van der Waals surface area contributed by atoms with Gasteiger partial charge in [-0.2, -0.15) is 0 Å². The molecule has 4 aromatic rings. The molecule has 0 unspecified atom stereocenters. The first-order valence-electron chi connectivity index (χ1n) is 11.6. The lowest BCUT2D eigenvalue weighted by atomic mass is 10.1. The zero-order valence-corrected chi connectivity index (χ0v) is 23.8. The van der Waals surface area contributed by atoms with Gasteiger partial charge in [0.05, 0.1) is 21.7 Å². The van der Waals surface area contributed by atoms with Gasteiger partial charge >= 0.3 is 0 Å². The number of carbonyl (C=O) groups is 1. The van der Waals surface area contributed by atoms with E-state index in [0.29, 0.717) is 34.8 Å². The third-order valence-corrected chi connectivity index (χ3v) is 7.62. The lowest BCUT2D eigenvalue weighted by molar-refractivity contribution is -0.115. The summed E-state index contributed by atoms with van der Waals surface area (Å²) in [5, 5.41) is 5.70. The number of aliphatic imine (C=N–C) groups is 1. The Kier molecular flexibility index (Phi) is 7.98. The van der Waals surface area contributed by atoms with Gasteiger partial charge in [-0.25, -0.2) is 4.99 Å². The van der Waals surface area contributed by atoms with Crippen LogP contribution in [-0.2, 0) is 11.4 Å². The molecule has 0 aromatic heterocycles. The summed E-state index contributed by atoms with van der Waals surface area (Å²) in [7, 11) is 0. The van der Waals surface area contributed by atoms with Crippen LogP contribution in [0.4, 0.5) is 5.69 Å². The van der Waals surface area contributed by atoms with Crippen molar-refractivity contribution in [2.24, 2.45) is 4.99 Å². The fraction of sp³-hybridized carbons (Fsp3) is 0.103. The molecule has 0 spiro atoms. The Morgan fingerprint density at radius 2 is 1.76 bits per heavy atom. The normalized spacial score (nSPS) is 15.4. The molecule has 1 aliphatic heterocycles. The molecular formula is C29H22Br2N2O3S. The number of nitrogens with one attached hydrogen (secondary N) is 1. The quantitative estimate of drug-likeness (QED) is 0.207. The summed E-state index contributed by atoms with van der Waals surface area (Å²) >= 11 is 8.37. The fourth-order valence-corrected chi connectivity index (χ4v) is 5.59. The molecule has 5 nitrogen and oxygen atoms in total. The van der Waals surface area contributed by atoms with Crippen molar-refractivity contribution in [3.63, 3.8) is 0 Å². The maximum atomic E-state index is 12.6. The minimum Gasteiger partial charge on any atom is -0.490 e. The number of rotatable bonds is 7. The van der Waals surface area contributed by atoms with Crippen LogP contribution in [0.3, 0.4) is 0 Å². The van der Waals surface area contributed by atoms with Gasteiger partial charge in [0.1, 0.15) is 6.61 Å². The van der Waals surface area contributed by atoms with E-state index in [1.807, 2.05) is 67.6 Å². The van der Waals surface area contributed by atoms with E-state index >= 15 is 0 Å². The Balaban J connectivity index is 1.38. The van der Waals surface area contributed by atoms with Gasteiger partial charge in [-0.1, -0.05) is 58.4 Å². The number of ether oxygens (including phenoxy) is 2. The monoisotopic (exact) mass is 636 g/mol. The average molecular weight is 638 g/mol. The maximum absolute atomic E-state index is 12.6. The molecule has 0 radical (unpaired) electrons. The maximum Gasteiger partial charge on any atom is 0.264 e. The largest absolute Gasteiger partial charge is 0.490 e. The van der Waals surface area contributed by atoms with Gasteiger partial charge in [0.25, 0.3) is 5.91 Å². The molecule has 1 N–H and O–H groups in total. The van der Waals surface area contributed by atoms with Crippen molar-refractivity contribution < 1.29 is 14.3 Å². The molecule has 0 bridgehead atoms. The number of nitrogens with zero attached hydrogens (tertiary/aromatic N) is 1. The second kappa shape index (κ2) is 11.5. The summed E-state index contributed by atoms with van der Waals surface area (Å²) in [6.07, 6.45) is 1.83. The van der Waals surface area contributed by atoms with Gasteiger partial charge in [-0.15, -0.1) is 0 Å². The molecule has 0 aliphatic carbocycles. The summed E-state index contributed by atoms with van der Waals surface area (Å²) in [4.78, 5) is 17.7. The van der Waals surface area contributed by atoms with Gasteiger partial charge in [0, 0.05) is 4.47 Å². The third kappa shape index (κ3) is 6.09. The predicted molar refractivity (Wildman–Crippen MR) is 159 cm³/mol. The van der Waals surface area contributed by atoms with E-state index in [1.165, 1.54) is 17.1 Å². The number of amidine groups is 1. The highest BCUT2D eigenvalue weighted by Gasteiger charge is 2.24. The van der Waals surface area contributed by atoms with Crippen molar-refractivity contribution >= 4 is 77.2 Å². The second-order valence-corrected chi connectivity index (χ2v) is 10.9. The summed E-state index contributed by atoms with van der Waals surface area (Å²) in [5.41, 5.74) is 2.67. The van der Waals surface area contributed by atoms with Crippen LogP contribution >= 0.6 is 43.6 Å². The Hall–Kier alpha value is -3.07. The number of amides is 1. The Bertz CT molecular complexity index is 1530. The SMILES string of the molecule is CCOc1cc(/C=C2/SC(=Nc3ccc(Br)cc3)NC2=O)cc(Br)c1OCc1cccc2ccccc12. The van der Waals surface area contributed by atoms with Crippen LogP contribution in [-0.4, -0.2) is 17.7 Å². The highest BCUT2D eigenvalue weighted by atomic mass is 79.9. The van der Waals surface area contributed by atoms with Gasteiger partial charge in [0.15, 0.2) is 16.7 Å². The van der Waals surface area contributed by atoms with Gasteiger partial charge in [0.2, 0.25) is 0 Å². The van der Waals surface area contributed by atoms with Crippen LogP contribution in [0, 0.1) is 0 Å². The minimum absolute atomic E-state index is 0.189. The number of hydrogen-bond donors (Lipinski definition) is 1. The first-order valence-corrected chi connectivity index (χ1v) is 14.0. The van der Waals surface area contributed by atoms with Crippen molar-refractivity contribution in [3.8, 4) is 11.5 Å². The van der Waals surface area contributed by atoms with E-state index in [-0.39, 0.29) is 5.91 Å². The molecular weight excluding hydrogens is 616 g/mol. The fourth-order valence-electron chi connectivity index (χ4n) is 3.91. The van der Waals surface area contributed by atoms with Gasteiger partial charge in [-0.3, -0.25) is 4.79 Å². The molecule has 1 saturated heterocycles. The van der Waals surface area contributed by atoms with Gasteiger partial charge in [-0.05, 0) is 99.0 Å². The molecule has 186 valence electrons. The zero-order chi connectivity index (χ0) is 25.8. The van der Waals surface area contributed by atoms with Crippen LogP contribution in [0.1, 0.15) is 18.1 Å². The zero-order valence-electron chi connectivity index (χ0n) is 19.8. The molecule has 5 rings (SSSR count). The average Bonchev–Trinajstić information content (AvgIpc) is 3.23. The smallest absolute Gasteiger partial charge is 0.264 e. The molecule has 37 heavy (non-hydrogen) atoms. The van der Waals surface area contributed by atoms with Crippen molar-refractivity contribution in [3.05, 3.63) is 104 Å². The first-order chi connectivity index (χ1) is 18.0. The number of carbonyl (C=O) groups excluding carboxylic acids is 1. The number of fused-ring (bicyclic) bond motifs is 1. The third-order valence-electron chi connectivity index (χ3n) is 5.59. The van der Waals surface area contributed by atoms with E-state index in [0.717, 1.165) is 31.1 Å². The number of thioether (sulfide) groups is 1. The molecule has 4 aromatic carbocycles. The summed E-state index contributed by atoms with van der Waals surface area (Å²) in [6, 6.07) is 25.8. The standard InChI is InChI=1S/C29H22Br2N2O3S/c1-2-35-25-15-18(16-26-28(34)33-29(37-26)32-22-12-10-21(30)11-13-22)14-24(31)27(25)36-17-20-8-5-7-19-6-3-4-9-23(19)20/h3-16H,2,17H2,1H3,(H,32,33,34)/b26-16+. The topological polar surface area (TPSA) is 59.9 Å². The lowest BCUT2D eigenvalue weighted by Crippen LogP contribution is -2.19. The Morgan fingerprint density at radius 1 is 0.973 bits per heavy atom. The molecule has 0 saturated carbocycles. The van der Waals surface area contributed by atoms with Crippen LogP contribution in [0.5, 0.6) is 11.5 Å². The van der Waals surface area contributed by atoms with Crippen molar-refractivity contribution in [2.75, 3.05) is 6.61 Å². The number of hydrogen-bond acceptors (Lipinski definition) is 5. The molecule has 1 aliphatic rings. The van der Waals surface area contributed by atoms with Crippen molar-refractivity contribution in [1.29, 1.82) is 0 Å². The molecule has 0 atom stereocenters. The van der Waals surface area contributed by atoms with Crippen LogP contribution in [0.2, 0.25) is 0 Å². The number of halogens is 2. The van der Waals surface area contributed by atoms with Gasteiger partial charge < -0.3 is 14.8 Å². The van der Waals surface area contributed by atoms with Crippen molar-refractivity contribution in [2.45, 2.75) is 13.5 Å². The van der Waals surface area contributed by atoms with E-state index in [9.17, 15) is 4.79 Å². The van der Waals surface area contributed by atoms with E-state index < -0.39 is 0 Å². The molecule has 8 heteroatoms. The van der Waals surface area contributed by atoms with E-state index in [2.05, 4.69) is 66.4 Å². The van der Waals surface area contributed by atoms with Crippen molar-refractivity contribution in [1.82, 2.24) is 5.32 Å². The lowest BCUT2D eigenvalue weighted by Gasteiger charge is -2.15. The summed E-state index contributed by atoms with van der Waals surface area (Å²) < 4.78 is 13.9. The highest BCUT2D eigenvalue weighted by Crippen LogP contribution is 2.39. The Labute approximate surface area is 236 Å². The Morgan fingerprint density at radius 3 is 2.57 bits per heavy atom. The predicted octanol–water partition coefficient (Wildman–Crippen LogP) is 8.23. The summed E-state index contributed by atoms with van der Waals surface area (Å²) in [6.45, 7) is 2.81. The second-order valence-electron chi connectivity index (χ2n) is 8.15. The number of benzene rings is 4. The minimum atomic E-state index is -0.189. The van der Waals surface area contributed by atoms with Crippen LogP contribution in [0.15, 0.2) is 97.7 Å². The molecule has 1 fully saturated rings.